The number of para-hydroxylation sites is 1. The van der Waals surface area contributed by atoms with E-state index in [9.17, 15) is 0 Å². The minimum absolute atomic E-state index is 0.415. The number of nitrogens with zero attached hydrogens (tertiary/aromatic N) is 2. The lowest BCUT2D eigenvalue weighted by Crippen LogP contribution is -2.47. The van der Waals surface area contributed by atoms with E-state index < -0.39 is 0 Å². The molecule has 1 fully saturated rings. The van der Waals surface area contributed by atoms with Crippen molar-refractivity contribution in [2.45, 2.75) is 58.9 Å². The number of piperidine rings is 1. The van der Waals surface area contributed by atoms with Crippen LogP contribution in [0.5, 0.6) is 11.5 Å². The van der Waals surface area contributed by atoms with E-state index in [0.717, 1.165) is 43.5 Å². The van der Waals surface area contributed by atoms with Crippen molar-refractivity contribution in [2.75, 3.05) is 46.4 Å². The fourth-order valence-electron chi connectivity index (χ4n) is 5.84. The van der Waals surface area contributed by atoms with Gasteiger partial charge in [0.05, 0.1) is 7.11 Å². The fraction of sp³-hybridized carbons (Fsp3) is 0.600. The lowest BCUT2D eigenvalue weighted by atomic mass is 9.73. The Kier molecular flexibility index (Phi) is 8.91. The van der Waals surface area contributed by atoms with Gasteiger partial charge in [0.15, 0.2) is 0 Å². The van der Waals surface area contributed by atoms with Gasteiger partial charge in [0.1, 0.15) is 18.1 Å². The Morgan fingerprint density at radius 1 is 0.912 bits per heavy atom. The van der Waals surface area contributed by atoms with Gasteiger partial charge < -0.3 is 14.4 Å². The molecule has 2 heterocycles. The molecule has 2 aliphatic rings. The van der Waals surface area contributed by atoms with Crippen LogP contribution in [0.2, 0.25) is 0 Å². The summed E-state index contributed by atoms with van der Waals surface area (Å²) >= 11 is 0. The van der Waals surface area contributed by atoms with E-state index in [1.54, 1.807) is 7.11 Å². The number of likely N-dealkylation sites (tertiary alicyclic amines) is 1. The second-order valence-electron chi connectivity index (χ2n) is 10.9. The molecule has 34 heavy (non-hydrogen) atoms. The molecule has 4 heteroatoms. The number of ether oxygens (including phenoxy) is 2. The third-order valence-electron chi connectivity index (χ3n) is 7.71. The lowest BCUT2D eigenvalue weighted by Gasteiger charge is -2.45. The molecule has 0 amide bonds. The molecular weight excluding hydrogens is 420 g/mol. The summed E-state index contributed by atoms with van der Waals surface area (Å²) in [6.07, 6.45) is 7.64. The Hall–Kier alpha value is -2.04. The summed E-state index contributed by atoms with van der Waals surface area (Å²) in [6, 6.07) is 17.2. The Bertz CT molecular complexity index is 872. The highest BCUT2D eigenvalue weighted by Gasteiger charge is 2.36. The molecule has 0 unspecified atom stereocenters. The average molecular weight is 465 g/mol. The van der Waals surface area contributed by atoms with Gasteiger partial charge in [0.2, 0.25) is 0 Å². The van der Waals surface area contributed by atoms with Gasteiger partial charge in [0, 0.05) is 26.2 Å². The van der Waals surface area contributed by atoms with Gasteiger partial charge in [0.25, 0.3) is 0 Å². The molecule has 0 saturated carbocycles. The molecule has 0 radical (unpaired) electrons. The molecule has 2 aromatic rings. The van der Waals surface area contributed by atoms with Crippen LogP contribution in [0.4, 0.5) is 0 Å². The Morgan fingerprint density at radius 3 is 2.41 bits per heavy atom. The van der Waals surface area contributed by atoms with E-state index in [4.69, 9.17) is 9.47 Å². The summed E-state index contributed by atoms with van der Waals surface area (Å²) in [4.78, 5) is 5.35. The van der Waals surface area contributed by atoms with Crippen LogP contribution >= 0.6 is 0 Å². The monoisotopic (exact) mass is 464 g/mol. The quantitative estimate of drug-likeness (QED) is 0.538. The predicted molar refractivity (Wildman–Crippen MR) is 141 cm³/mol. The Balaban J connectivity index is 1.51. The highest BCUT2D eigenvalue weighted by atomic mass is 16.5. The van der Waals surface area contributed by atoms with E-state index in [1.807, 2.05) is 0 Å². The predicted octanol–water partition coefficient (Wildman–Crippen LogP) is 6.04. The van der Waals surface area contributed by atoms with Crippen LogP contribution in [0.1, 0.15) is 57.1 Å². The van der Waals surface area contributed by atoms with Gasteiger partial charge in [-0.3, -0.25) is 4.90 Å². The van der Waals surface area contributed by atoms with E-state index >= 15 is 0 Å². The van der Waals surface area contributed by atoms with Crippen molar-refractivity contribution in [2.24, 2.45) is 11.3 Å². The molecule has 0 aromatic heterocycles. The van der Waals surface area contributed by atoms with E-state index in [1.165, 1.54) is 69.4 Å². The highest BCUT2D eigenvalue weighted by Crippen LogP contribution is 2.39. The number of aryl methyl sites for hydroxylation is 1. The van der Waals surface area contributed by atoms with E-state index in [-0.39, 0.29) is 0 Å². The number of hydrogen-bond acceptors (Lipinski definition) is 4. The molecule has 186 valence electrons. The van der Waals surface area contributed by atoms with Crippen molar-refractivity contribution < 1.29 is 9.47 Å². The Morgan fingerprint density at radius 2 is 1.68 bits per heavy atom. The van der Waals surface area contributed by atoms with Crippen LogP contribution in [-0.4, -0.2) is 56.2 Å². The molecule has 2 aromatic carbocycles. The molecule has 0 aliphatic carbocycles. The van der Waals surface area contributed by atoms with Gasteiger partial charge in [-0.15, -0.1) is 0 Å². The number of methoxy groups -OCH3 is 1. The van der Waals surface area contributed by atoms with Crippen molar-refractivity contribution >= 4 is 0 Å². The molecule has 0 bridgehead atoms. The zero-order valence-corrected chi connectivity index (χ0v) is 21.6. The van der Waals surface area contributed by atoms with Crippen molar-refractivity contribution in [3.63, 3.8) is 0 Å². The van der Waals surface area contributed by atoms with Crippen LogP contribution in [-0.2, 0) is 13.0 Å². The first kappa shape index (κ1) is 25.1. The third-order valence-corrected chi connectivity index (χ3v) is 7.71. The van der Waals surface area contributed by atoms with E-state index in [2.05, 4.69) is 72.2 Å². The molecule has 0 atom stereocenters. The van der Waals surface area contributed by atoms with Crippen LogP contribution in [0, 0.1) is 11.3 Å². The first-order valence-electron chi connectivity index (χ1n) is 13.3. The molecule has 1 saturated heterocycles. The van der Waals surface area contributed by atoms with Crippen LogP contribution in [0.25, 0.3) is 0 Å². The molecular formula is C30H44N2O2. The van der Waals surface area contributed by atoms with Gasteiger partial charge in [-0.25, -0.2) is 0 Å². The summed E-state index contributed by atoms with van der Waals surface area (Å²) in [5, 5.41) is 0. The Labute approximate surface area is 207 Å². The maximum absolute atomic E-state index is 6.33. The van der Waals surface area contributed by atoms with Crippen molar-refractivity contribution in [3.05, 3.63) is 59.7 Å². The molecule has 4 nitrogen and oxygen atoms in total. The maximum Gasteiger partial charge on any atom is 0.122 e. The van der Waals surface area contributed by atoms with Crippen LogP contribution in [0.3, 0.4) is 0 Å². The standard InChI is InChI=1S/C30H44N2O2/c1-25(2)22-31-18-16-30(17-19-31)15-7-6-9-27-8-4-5-10-29(27)34-21-20-32(24-30)23-26-11-13-28(33-3)14-12-26/h4-5,8,10-14,25H,6-7,9,15-24H2,1-3H3. The van der Waals surface area contributed by atoms with Crippen molar-refractivity contribution in [1.82, 2.24) is 9.80 Å². The summed E-state index contributed by atoms with van der Waals surface area (Å²) < 4.78 is 11.7. The first-order chi connectivity index (χ1) is 16.5. The topological polar surface area (TPSA) is 24.9 Å². The van der Waals surface area contributed by atoms with Gasteiger partial charge in [-0.05, 0) is 85.9 Å². The number of benzene rings is 2. The second kappa shape index (κ2) is 12.1. The number of hydrogen-bond donors (Lipinski definition) is 0. The van der Waals surface area contributed by atoms with Crippen molar-refractivity contribution in [1.29, 1.82) is 0 Å². The van der Waals surface area contributed by atoms with Gasteiger partial charge >= 0.3 is 0 Å². The van der Waals surface area contributed by atoms with Crippen LogP contribution < -0.4 is 9.47 Å². The van der Waals surface area contributed by atoms with Crippen LogP contribution in [0.15, 0.2) is 48.5 Å². The molecule has 0 N–H and O–H groups in total. The summed E-state index contributed by atoms with van der Waals surface area (Å²) in [7, 11) is 1.73. The molecule has 2 aliphatic heterocycles. The lowest BCUT2D eigenvalue weighted by molar-refractivity contribution is 0.0399. The average Bonchev–Trinajstić information content (AvgIpc) is 2.83. The summed E-state index contributed by atoms with van der Waals surface area (Å²) in [6.45, 7) is 12.2. The van der Waals surface area contributed by atoms with Gasteiger partial charge in [-0.1, -0.05) is 50.6 Å². The minimum Gasteiger partial charge on any atom is -0.497 e. The largest absolute Gasteiger partial charge is 0.497 e. The third kappa shape index (κ3) is 6.99. The summed E-state index contributed by atoms with van der Waals surface area (Å²) in [5.41, 5.74) is 3.13. The maximum atomic E-state index is 6.33. The normalized spacial score (nSPS) is 20.2. The molecule has 1 spiro atoms. The summed E-state index contributed by atoms with van der Waals surface area (Å²) in [5.74, 6) is 2.74. The van der Waals surface area contributed by atoms with Gasteiger partial charge in [-0.2, -0.15) is 0 Å². The zero-order valence-electron chi connectivity index (χ0n) is 21.6. The SMILES string of the molecule is COc1ccc(CN2CCOc3ccccc3CCCCC3(CCN(CC(C)C)CC3)C2)cc1. The minimum atomic E-state index is 0.415. The number of fused-ring (bicyclic) bond motifs is 1. The van der Waals surface area contributed by atoms with Crippen molar-refractivity contribution in [3.8, 4) is 11.5 Å². The number of rotatable bonds is 5. The van der Waals surface area contributed by atoms with E-state index in [0.29, 0.717) is 5.41 Å². The zero-order chi connectivity index (χ0) is 23.8. The fourth-order valence-corrected chi connectivity index (χ4v) is 5.84. The highest BCUT2D eigenvalue weighted by molar-refractivity contribution is 5.33. The smallest absolute Gasteiger partial charge is 0.122 e. The first-order valence-corrected chi connectivity index (χ1v) is 13.3. The second-order valence-corrected chi connectivity index (χ2v) is 10.9. The molecule has 4 rings (SSSR count).